The van der Waals surface area contributed by atoms with E-state index in [-0.39, 0.29) is 17.7 Å². The van der Waals surface area contributed by atoms with Crippen LogP contribution in [-0.2, 0) is 23.0 Å². The van der Waals surface area contributed by atoms with Gasteiger partial charge in [-0.25, -0.2) is 13.1 Å². The molecular formula is C21H28N2O3S. The van der Waals surface area contributed by atoms with E-state index in [1.807, 2.05) is 32.2 Å². The van der Waals surface area contributed by atoms with Crippen LogP contribution in [0.4, 0.5) is 0 Å². The molecule has 0 spiro atoms. The summed E-state index contributed by atoms with van der Waals surface area (Å²) >= 11 is 0. The SMILES string of the molecule is CCCS(=O)(=O)NCc1ccc2c(c1)[C@H](Cc1ccccc1)[C@@H](NC)CO2. The molecular weight excluding hydrogens is 360 g/mol. The van der Waals surface area contributed by atoms with Gasteiger partial charge in [0.2, 0.25) is 10.0 Å². The highest BCUT2D eigenvalue weighted by Gasteiger charge is 2.30. The maximum absolute atomic E-state index is 12.0. The normalized spacial score (nSPS) is 19.3. The van der Waals surface area contributed by atoms with Gasteiger partial charge >= 0.3 is 0 Å². The molecule has 27 heavy (non-hydrogen) atoms. The topological polar surface area (TPSA) is 67.4 Å². The van der Waals surface area contributed by atoms with Gasteiger partial charge in [-0.2, -0.15) is 0 Å². The summed E-state index contributed by atoms with van der Waals surface area (Å²) in [4.78, 5) is 0. The van der Waals surface area contributed by atoms with E-state index in [4.69, 9.17) is 4.74 Å². The lowest BCUT2D eigenvalue weighted by Crippen LogP contribution is -2.41. The molecule has 2 aromatic carbocycles. The molecule has 6 heteroatoms. The van der Waals surface area contributed by atoms with Crippen molar-refractivity contribution in [2.75, 3.05) is 19.4 Å². The first-order chi connectivity index (χ1) is 13.0. The van der Waals surface area contributed by atoms with Crippen LogP contribution >= 0.6 is 0 Å². The van der Waals surface area contributed by atoms with Crippen LogP contribution in [-0.4, -0.2) is 33.9 Å². The van der Waals surface area contributed by atoms with Gasteiger partial charge in [0, 0.05) is 18.5 Å². The maximum atomic E-state index is 12.0. The fourth-order valence-electron chi connectivity index (χ4n) is 3.58. The van der Waals surface area contributed by atoms with Gasteiger partial charge in [-0.1, -0.05) is 49.4 Å². The van der Waals surface area contributed by atoms with Gasteiger partial charge in [0.1, 0.15) is 12.4 Å². The maximum Gasteiger partial charge on any atom is 0.211 e. The van der Waals surface area contributed by atoms with Crippen LogP contribution in [0.3, 0.4) is 0 Å². The largest absolute Gasteiger partial charge is 0.492 e. The smallest absolute Gasteiger partial charge is 0.211 e. The van der Waals surface area contributed by atoms with E-state index in [9.17, 15) is 8.42 Å². The molecule has 0 bridgehead atoms. The number of sulfonamides is 1. The number of fused-ring (bicyclic) bond motifs is 1. The molecule has 2 atom stereocenters. The summed E-state index contributed by atoms with van der Waals surface area (Å²) in [5, 5.41) is 3.37. The highest BCUT2D eigenvalue weighted by Crippen LogP contribution is 2.36. The molecule has 0 amide bonds. The highest BCUT2D eigenvalue weighted by molar-refractivity contribution is 7.89. The Labute approximate surface area is 162 Å². The van der Waals surface area contributed by atoms with Crippen molar-refractivity contribution in [3.63, 3.8) is 0 Å². The van der Waals surface area contributed by atoms with E-state index < -0.39 is 10.0 Å². The summed E-state index contributed by atoms with van der Waals surface area (Å²) in [7, 11) is -1.26. The second kappa shape index (κ2) is 8.87. The third kappa shape index (κ3) is 5.09. The third-order valence-electron chi connectivity index (χ3n) is 5.02. The Kier molecular flexibility index (Phi) is 6.52. The van der Waals surface area contributed by atoms with E-state index in [1.54, 1.807) is 0 Å². The molecule has 5 nitrogen and oxygen atoms in total. The van der Waals surface area contributed by atoms with Crippen molar-refractivity contribution in [1.29, 1.82) is 0 Å². The predicted molar refractivity (Wildman–Crippen MR) is 109 cm³/mol. The molecule has 2 N–H and O–H groups in total. The highest BCUT2D eigenvalue weighted by atomic mass is 32.2. The summed E-state index contributed by atoms with van der Waals surface area (Å²) < 4.78 is 32.5. The van der Waals surface area contributed by atoms with E-state index in [0.29, 0.717) is 19.6 Å². The van der Waals surface area contributed by atoms with Crippen LogP contribution < -0.4 is 14.8 Å². The van der Waals surface area contributed by atoms with E-state index in [0.717, 1.165) is 23.3 Å². The monoisotopic (exact) mass is 388 g/mol. The van der Waals surface area contributed by atoms with Gasteiger partial charge in [-0.3, -0.25) is 0 Å². The van der Waals surface area contributed by atoms with Crippen LogP contribution in [0.1, 0.15) is 36.0 Å². The molecule has 0 aliphatic carbocycles. The molecule has 0 unspecified atom stereocenters. The lowest BCUT2D eigenvalue weighted by molar-refractivity contribution is 0.218. The van der Waals surface area contributed by atoms with E-state index in [1.165, 1.54) is 5.56 Å². The van der Waals surface area contributed by atoms with Crippen molar-refractivity contribution in [1.82, 2.24) is 10.0 Å². The van der Waals surface area contributed by atoms with E-state index in [2.05, 4.69) is 40.4 Å². The number of likely N-dealkylation sites (N-methyl/N-ethyl adjacent to an activating group) is 1. The summed E-state index contributed by atoms with van der Waals surface area (Å²) in [5.74, 6) is 1.32. The quantitative estimate of drug-likeness (QED) is 0.730. The first kappa shape index (κ1) is 19.9. The Morgan fingerprint density at radius 2 is 1.89 bits per heavy atom. The molecule has 0 fully saturated rings. The lowest BCUT2D eigenvalue weighted by atomic mass is 9.83. The molecule has 1 aliphatic heterocycles. The van der Waals surface area contributed by atoms with Crippen LogP contribution in [0.25, 0.3) is 0 Å². The van der Waals surface area contributed by atoms with Crippen LogP contribution in [0, 0.1) is 0 Å². The van der Waals surface area contributed by atoms with Crippen LogP contribution in [0.5, 0.6) is 5.75 Å². The van der Waals surface area contributed by atoms with Gasteiger partial charge in [-0.05, 0) is 42.6 Å². The van der Waals surface area contributed by atoms with Gasteiger partial charge in [0.25, 0.3) is 0 Å². The van der Waals surface area contributed by atoms with Crippen molar-refractivity contribution >= 4 is 10.0 Å². The average Bonchev–Trinajstić information content (AvgIpc) is 2.67. The summed E-state index contributed by atoms with van der Waals surface area (Å²) in [6.07, 6.45) is 1.52. The second-order valence-electron chi connectivity index (χ2n) is 7.01. The summed E-state index contributed by atoms with van der Waals surface area (Å²) in [6.45, 7) is 2.79. The van der Waals surface area contributed by atoms with Gasteiger partial charge in [-0.15, -0.1) is 0 Å². The molecule has 0 saturated carbocycles. The van der Waals surface area contributed by atoms with Crippen LogP contribution in [0.15, 0.2) is 48.5 Å². The standard InChI is InChI=1S/C21H28N2O3S/c1-3-11-27(24,25)23-14-17-9-10-21-19(13-17)18(20(22-2)15-26-21)12-16-7-5-4-6-8-16/h4-10,13,18,20,22-23H,3,11-12,14-15H2,1-2H3/t18-,20-/m0/s1. The number of hydrogen-bond donors (Lipinski definition) is 2. The second-order valence-corrected chi connectivity index (χ2v) is 8.94. The fourth-order valence-corrected chi connectivity index (χ4v) is 4.65. The zero-order valence-corrected chi connectivity index (χ0v) is 16.8. The van der Waals surface area contributed by atoms with Gasteiger partial charge in [0.05, 0.1) is 5.75 Å². The van der Waals surface area contributed by atoms with Crippen molar-refractivity contribution < 1.29 is 13.2 Å². The third-order valence-corrected chi connectivity index (χ3v) is 6.55. The molecule has 0 radical (unpaired) electrons. The fraction of sp³-hybridized carbons (Fsp3) is 0.429. The summed E-state index contributed by atoms with van der Waals surface area (Å²) in [5.41, 5.74) is 3.37. The van der Waals surface area contributed by atoms with E-state index >= 15 is 0 Å². The first-order valence-electron chi connectivity index (χ1n) is 9.46. The number of nitrogens with one attached hydrogen (secondary N) is 2. The number of ether oxygens (including phenoxy) is 1. The average molecular weight is 389 g/mol. The Balaban J connectivity index is 1.84. The lowest BCUT2D eigenvalue weighted by Gasteiger charge is -2.34. The molecule has 2 aromatic rings. The Hall–Kier alpha value is -1.89. The molecule has 0 saturated heterocycles. The number of rotatable bonds is 8. The molecule has 3 rings (SSSR count). The summed E-state index contributed by atoms with van der Waals surface area (Å²) in [6, 6.07) is 16.6. The molecule has 1 heterocycles. The first-order valence-corrected chi connectivity index (χ1v) is 11.1. The van der Waals surface area contributed by atoms with Crippen molar-refractivity contribution in [2.24, 2.45) is 0 Å². The van der Waals surface area contributed by atoms with Crippen molar-refractivity contribution in [2.45, 2.75) is 38.3 Å². The minimum atomic E-state index is -3.22. The zero-order chi connectivity index (χ0) is 19.3. The molecule has 146 valence electrons. The van der Waals surface area contributed by atoms with Gasteiger partial charge < -0.3 is 10.1 Å². The molecule has 1 aliphatic rings. The Morgan fingerprint density at radius 3 is 2.59 bits per heavy atom. The van der Waals surface area contributed by atoms with Crippen molar-refractivity contribution in [3.8, 4) is 5.75 Å². The zero-order valence-electron chi connectivity index (χ0n) is 15.9. The van der Waals surface area contributed by atoms with Crippen molar-refractivity contribution in [3.05, 3.63) is 65.2 Å². The molecule has 0 aromatic heterocycles. The Bertz CT molecular complexity index is 853. The van der Waals surface area contributed by atoms with Crippen LogP contribution in [0.2, 0.25) is 0 Å². The predicted octanol–water partition coefficient (Wildman–Crippen LogP) is 2.82. The minimum absolute atomic E-state index is 0.152. The number of benzene rings is 2. The Morgan fingerprint density at radius 1 is 1.11 bits per heavy atom. The minimum Gasteiger partial charge on any atom is -0.492 e. The number of hydrogen-bond acceptors (Lipinski definition) is 4. The van der Waals surface area contributed by atoms with Gasteiger partial charge in [0.15, 0.2) is 0 Å².